The molecular weight excluding hydrogens is 214 g/mol. The van der Waals surface area contributed by atoms with Gasteiger partial charge in [0.2, 0.25) is 0 Å². The van der Waals surface area contributed by atoms with Gasteiger partial charge in [0.1, 0.15) is 5.60 Å². The number of aromatic nitrogens is 2. The normalized spacial score (nSPS) is 14.5. The van der Waals surface area contributed by atoms with E-state index in [-0.39, 0.29) is 6.54 Å². The molecule has 0 saturated carbocycles. The first-order chi connectivity index (χ1) is 8.21. The lowest BCUT2D eigenvalue weighted by atomic mass is 9.96. The van der Waals surface area contributed by atoms with E-state index >= 15 is 0 Å². The molecule has 0 radical (unpaired) electrons. The predicted octanol–water partition coefficient (Wildman–Crippen LogP) is 1.43. The lowest BCUT2D eigenvalue weighted by Crippen LogP contribution is -2.36. The summed E-state index contributed by atoms with van der Waals surface area (Å²) in [4.78, 5) is 0. The van der Waals surface area contributed by atoms with Crippen LogP contribution in [0.5, 0.6) is 0 Å². The van der Waals surface area contributed by atoms with Crippen LogP contribution in [0.4, 0.5) is 0 Å². The molecule has 0 aliphatic rings. The van der Waals surface area contributed by atoms with Crippen molar-refractivity contribution in [3.05, 3.63) is 48.3 Å². The van der Waals surface area contributed by atoms with Gasteiger partial charge in [-0.2, -0.15) is 5.10 Å². The summed E-state index contributed by atoms with van der Waals surface area (Å²) in [6.45, 7) is 2.09. The summed E-state index contributed by atoms with van der Waals surface area (Å²) in [5.41, 5.74) is 6.30. The van der Waals surface area contributed by atoms with E-state index in [4.69, 9.17) is 5.73 Å². The molecule has 2 rings (SSSR count). The zero-order chi connectivity index (χ0) is 12.3. The van der Waals surface area contributed by atoms with Crippen molar-refractivity contribution in [1.82, 2.24) is 9.78 Å². The van der Waals surface area contributed by atoms with Crippen molar-refractivity contribution in [3.63, 3.8) is 0 Å². The molecule has 2 aromatic rings. The standard InChI is InChI=1S/C13H17N3O/c1-2-13(17,10-14)12-8-9-15-16(12)11-6-4-3-5-7-11/h3-9,17H,2,10,14H2,1H3. The van der Waals surface area contributed by atoms with Crippen LogP contribution < -0.4 is 5.73 Å². The summed E-state index contributed by atoms with van der Waals surface area (Å²) in [5, 5.41) is 14.7. The third kappa shape index (κ3) is 2.09. The average Bonchev–Trinajstić information content (AvgIpc) is 2.88. The molecule has 1 aromatic heterocycles. The molecule has 0 aliphatic heterocycles. The highest BCUT2D eigenvalue weighted by atomic mass is 16.3. The highest BCUT2D eigenvalue weighted by Gasteiger charge is 2.29. The Balaban J connectivity index is 2.49. The van der Waals surface area contributed by atoms with E-state index < -0.39 is 5.60 Å². The van der Waals surface area contributed by atoms with Gasteiger partial charge in [0.25, 0.3) is 0 Å². The third-order valence-corrected chi connectivity index (χ3v) is 3.04. The van der Waals surface area contributed by atoms with E-state index in [1.807, 2.05) is 43.3 Å². The second-order valence-electron chi connectivity index (χ2n) is 4.05. The number of para-hydroxylation sites is 1. The van der Waals surface area contributed by atoms with Gasteiger partial charge in [-0.15, -0.1) is 0 Å². The minimum absolute atomic E-state index is 0.183. The highest BCUT2D eigenvalue weighted by molar-refractivity contribution is 5.34. The number of hydrogen-bond acceptors (Lipinski definition) is 3. The van der Waals surface area contributed by atoms with Crippen LogP contribution in [0.3, 0.4) is 0 Å². The molecule has 0 spiro atoms. The molecule has 4 nitrogen and oxygen atoms in total. The average molecular weight is 231 g/mol. The Morgan fingerprint density at radius 1 is 1.29 bits per heavy atom. The maximum absolute atomic E-state index is 10.4. The summed E-state index contributed by atoms with van der Waals surface area (Å²) in [6, 6.07) is 11.5. The molecular formula is C13H17N3O. The Bertz CT molecular complexity index is 474. The minimum Gasteiger partial charge on any atom is -0.382 e. The summed E-state index contributed by atoms with van der Waals surface area (Å²) in [5.74, 6) is 0. The molecule has 0 bridgehead atoms. The number of nitrogens with two attached hydrogens (primary N) is 1. The van der Waals surface area contributed by atoms with E-state index in [0.29, 0.717) is 6.42 Å². The first-order valence-electron chi connectivity index (χ1n) is 5.73. The molecule has 3 N–H and O–H groups in total. The van der Waals surface area contributed by atoms with Crippen LogP contribution >= 0.6 is 0 Å². The largest absolute Gasteiger partial charge is 0.382 e. The number of benzene rings is 1. The number of hydrogen-bond donors (Lipinski definition) is 2. The maximum Gasteiger partial charge on any atom is 0.118 e. The van der Waals surface area contributed by atoms with Gasteiger partial charge in [-0.05, 0) is 24.6 Å². The summed E-state index contributed by atoms with van der Waals surface area (Å²) in [6.07, 6.45) is 2.24. The smallest absolute Gasteiger partial charge is 0.118 e. The van der Waals surface area contributed by atoms with Crippen LogP contribution in [-0.4, -0.2) is 21.4 Å². The summed E-state index contributed by atoms with van der Waals surface area (Å²) < 4.78 is 1.73. The zero-order valence-electron chi connectivity index (χ0n) is 9.87. The quantitative estimate of drug-likeness (QED) is 0.836. The molecule has 90 valence electrons. The van der Waals surface area contributed by atoms with Gasteiger partial charge < -0.3 is 10.8 Å². The van der Waals surface area contributed by atoms with Crippen molar-refractivity contribution >= 4 is 0 Å². The predicted molar refractivity (Wildman–Crippen MR) is 66.8 cm³/mol. The monoisotopic (exact) mass is 231 g/mol. The fourth-order valence-electron chi connectivity index (χ4n) is 1.86. The first kappa shape index (κ1) is 11.8. The fraction of sp³-hybridized carbons (Fsp3) is 0.308. The van der Waals surface area contributed by atoms with Crippen molar-refractivity contribution in [1.29, 1.82) is 0 Å². The van der Waals surface area contributed by atoms with Gasteiger partial charge in [-0.25, -0.2) is 4.68 Å². The summed E-state index contributed by atoms with van der Waals surface area (Å²) >= 11 is 0. The van der Waals surface area contributed by atoms with Gasteiger partial charge in [0, 0.05) is 12.7 Å². The van der Waals surface area contributed by atoms with E-state index in [9.17, 15) is 5.11 Å². The maximum atomic E-state index is 10.4. The van der Waals surface area contributed by atoms with Gasteiger partial charge >= 0.3 is 0 Å². The molecule has 1 unspecified atom stereocenters. The summed E-state index contributed by atoms with van der Waals surface area (Å²) in [7, 11) is 0. The van der Waals surface area contributed by atoms with E-state index in [2.05, 4.69) is 5.10 Å². The minimum atomic E-state index is -1.02. The Morgan fingerprint density at radius 2 is 2.00 bits per heavy atom. The molecule has 1 aromatic carbocycles. The zero-order valence-corrected chi connectivity index (χ0v) is 9.87. The lowest BCUT2D eigenvalue weighted by molar-refractivity contribution is 0.0350. The fourth-order valence-corrected chi connectivity index (χ4v) is 1.86. The van der Waals surface area contributed by atoms with Gasteiger partial charge in [-0.1, -0.05) is 25.1 Å². The highest BCUT2D eigenvalue weighted by Crippen LogP contribution is 2.25. The van der Waals surface area contributed by atoms with E-state index in [0.717, 1.165) is 11.4 Å². The lowest BCUT2D eigenvalue weighted by Gasteiger charge is -2.25. The number of rotatable bonds is 4. The number of nitrogens with zero attached hydrogens (tertiary/aromatic N) is 2. The SMILES string of the molecule is CCC(O)(CN)c1ccnn1-c1ccccc1. The van der Waals surface area contributed by atoms with Crippen LogP contribution in [0.15, 0.2) is 42.6 Å². The number of aliphatic hydroxyl groups is 1. The second-order valence-corrected chi connectivity index (χ2v) is 4.05. The topological polar surface area (TPSA) is 64.1 Å². The van der Waals surface area contributed by atoms with E-state index in [1.165, 1.54) is 0 Å². The Labute approximate surface area is 101 Å². The van der Waals surface area contributed by atoms with Crippen LogP contribution in [-0.2, 0) is 5.60 Å². The van der Waals surface area contributed by atoms with Crippen LogP contribution in [0.2, 0.25) is 0 Å². The molecule has 4 heteroatoms. The van der Waals surface area contributed by atoms with Crippen molar-refractivity contribution < 1.29 is 5.11 Å². The van der Waals surface area contributed by atoms with Gasteiger partial charge in [-0.3, -0.25) is 0 Å². The molecule has 0 aliphatic carbocycles. The Hall–Kier alpha value is -1.65. The molecule has 0 fully saturated rings. The Kier molecular flexibility index (Phi) is 3.26. The molecule has 1 atom stereocenters. The second kappa shape index (κ2) is 4.69. The first-order valence-corrected chi connectivity index (χ1v) is 5.73. The van der Waals surface area contributed by atoms with Crippen LogP contribution in [0, 0.1) is 0 Å². The van der Waals surface area contributed by atoms with E-state index in [1.54, 1.807) is 10.9 Å². The molecule has 0 saturated heterocycles. The third-order valence-electron chi connectivity index (χ3n) is 3.04. The molecule has 17 heavy (non-hydrogen) atoms. The van der Waals surface area contributed by atoms with Crippen molar-refractivity contribution in [2.24, 2.45) is 5.73 Å². The van der Waals surface area contributed by atoms with Crippen LogP contribution in [0.1, 0.15) is 19.0 Å². The molecule has 0 amide bonds. The molecule has 1 heterocycles. The van der Waals surface area contributed by atoms with Crippen molar-refractivity contribution in [2.45, 2.75) is 18.9 Å². The van der Waals surface area contributed by atoms with Crippen molar-refractivity contribution in [3.8, 4) is 5.69 Å². The van der Waals surface area contributed by atoms with Crippen LogP contribution in [0.25, 0.3) is 5.69 Å². The van der Waals surface area contributed by atoms with Crippen molar-refractivity contribution in [2.75, 3.05) is 6.54 Å². The Morgan fingerprint density at radius 3 is 2.59 bits per heavy atom. The van der Waals surface area contributed by atoms with Gasteiger partial charge in [0.05, 0.1) is 11.4 Å². The van der Waals surface area contributed by atoms with Gasteiger partial charge in [0.15, 0.2) is 0 Å².